The van der Waals surface area contributed by atoms with Crippen molar-refractivity contribution in [2.75, 3.05) is 13.7 Å². The van der Waals surface area contributed by atoms with E-state index in [4.69, 9.17) is 9.47 Å². The molecule has 0 fully saturated rings. The van der Waals surface area contributed by atoms with Crippen molar-refractivity contribution in [1.29, 1.82) is 0 Å². The van der Waals surface area contributed by atoms with Gasteiger partial charge in [0.2, 0.25) is 0 Å². The fraction of sp³-hybridized carbons (Fsp3) is 0.471. The zero-order valence-electron chi connectivity index (χ0n) is 13.9. The summed E-state index contributed by atoms with van der Waals surface area (Å²) in [6.45, 7) is 8.11. The minimum atomic E-state index is -0.481. The molecule has 0 aliphatic carbocycles. The summed E-state index contributed by atoms with van der Waals surface area (Å²) in [5.41, 5.74) is 2.88. The van der Waals surface area contributed by atoms with Gasteiger partial charge in [0.25, 0.3) is 0 Å². The highest BCUT2D eigenvalue weighted by molar-refractivity contribution is 5.91. The number of methoxy groups -OCH3 is 1. The first-order valence-electron chi connectivity index (χ1n) is 7.42. The van der Waals surface area contributed by atoms with E-state index >= 15 is 0 Å². The van der Waals surface area contributed by atoms with Crippen LogP contribution < -0.4 is 10.1 Å². The molecular weight excluding hydrogens is 280 g/mol. The number of H-pyrrole nitrogens is 1. The third kappa shape index (κ3) is 3.72. The molecule has 5 nitrogen and oxygen atoms in total. The van der Waals surface area contributed by atoms with Gasteiger partial charge < -0.3 is 19.8 Å². The Balaban J connectivity index is 2.07. The first kappa shape index (κ1) is 16.2. The van der Waals surface area contributed by atoms with E-state index in [1.807, 2.05) is 39.1 Å². The van der Waals surface area contributed by atoms with Crippen LogP contribution in [0, 0.1) is 6.92 Å². The van der Waals surface area contributed by atoms with Crippen LogP contribution in [0.15, 0.2) is 18.3 Å². The van der Waals surface area contributed by atoms with Crippen LogP contribution in [0.4, 0.5) is 4.79 Å². The first-order valence-corrected chi connectivity index (χ1v) is 7.42. The highest BCUT2D eigenvalue weighted by atomic mass is 16.6. The van der Waals surface area contributed by atoms with E-state index in [-0.39, 0.29) is 0 Å². The Morgan fingerprint density at radius 2 is 2.05 bits per heavy atom. The van der Waals surface area contributed by atoms with Gasteiger partial charge in [-0.2, -0.15) is 0 Å². The highest BCUT2D eigenvalue weighted by Crippen LogP contribution is 2.31. The number of rotatable bonds is 4. The summed E-state index contributed by atoms with van der Waals surface area (Å²) in [6, 6.07) is 4.00. The Kier molecular flexibility index (Phi) is 4.64. The number of benzene rings is 1. The Labute approximate surface area is 131 Å². The van der Waals surface area contributed by atoms with E-state index in [1.165, 1.54) is 5.56 Å². The van der Waals surface area contributed by atoms with Crippen molar-refractivity contribution >= 4 is 17.0 Å². The molecule has 2 aromatic rings. The van der Waals surface area contributed by atoms with Crippen molar-refractivity contribution < 1.29 is 14.3 Å². The predicted octanol–water partition coefficient (Wildman–Crippen LogP) is 3.55. The lowest BCUT2D eigenvalue weighted by Crippen LogP contribution is -2.33. The molecule has 0 spiro atoms. The molecule has 1 heterocycles. The quantitative estimate of drug-likeness (QED) is 0.908. The number of ether oxygens (including phenoxy) is 2. The fourth-order valence-corrected chi connectivity index (χ4v) is 2.40. The van der Waals surface area contributed by atoms with Crippen LogP contribution in [0.1, 0.15) is 31.9 Å². The van der Waals surface area contributed by atoms with Crippen molar-refractivity contribution in [3.8, 4) is 5.75 Å². The highest BCUT2D eigenvalue weighted by Gasteiger charge is 2.16. The standard InChI is InChI=1S/C17H24N2O3/c1-11-6-7-13(21-5)14-12(10-19-15(11)14)8-9-18-16(20)22-17(2,3)4/h6-7,10,19H,8-9H2,1-5H3,(H,18,20). The van der Waals surface area contributed by atoms with E-state index in [0.717, 1.165) is 22.2 Å². The van der Waals surface area contributed by atoms with Crippen LogP contribution >= 0.6 is 0 Å². The average molecular weight is 304 g/mol. The van der Waals surface area contributed by atoms with Crippen molar-refractivity contribution in [2.24, 2.45) is 0 Å². The third-order valence-corrected chi connectivity index (χ3v) is 3.37. The molecule has 2 rings (SSSR count). The maximum Gasteiger partial charge on any atom is 0.407 e. The van der Waals surface area contributed by atoms with E-state index in [1.54, 1.807) is 7.11 Å². The Morgan fingerprint density at radius 1 is 1.32 bits per heavy atom. The summed E-state index contributed by atoms with van der Waals surface area (Å²) in [5, 5.41) is 3.86. The molecule has 0 saturated carbocycles. The Morgan fingerprint density at radius 3 is 2.68 bits per heavy atom. The molecule has 0 atom stereocenters. The number of aryl methyl sites for hydroxylation is 1. The minimum Gasteiger partial charge on any atom is -0.496 e. The van der Waals surface area contributed by atoms with Gasteiger partial charge in [-0.3, -0.25) is 0 Å². The Hall–Kier alpha value is -2.17. The maximum atomic E-state index is 11.7. The van der Waals surface area contributed by atoms with Crippen molar-refractivity contribution in [1.82, 2.24) is 10.3 Å². The number of fused-ring (bicyclic) bond motifs is 1. The molecule has 0 aliphatic heterocycles. The molecule has 1 aromatic carbocycles. The number of carbonyl (C=O) groups is 1. The van der Waals surface area contributed by atoms with Crippen LogP contribution in [0.25, 0.3) is 10.9 Å². The zero-order valence-corrected chi connectivity index (χ0v) is 13.9. The summed E-state index contributed by atoms with van der Waals surface area (Å²) in [5.74, 6) is 0.842. The summed E-state index contributed by atoms with van der Waals surface area (Å²) in [7, 11) is 1.67. The molecule has 0 radical (unpaired) electrons. The van der Waals surface area contributed by atoms with Crippen LogP contribution in [-0.4, -0.2) is 30.3 Å². The first-order chi connectivity index (χ1) is 10.3. The second-order valence-corrected chi connectivity index (χ2v) is 6.33. The molecular formula is C17H24N2O3. The van der Waals surface area contributed by atoms with Gasteiger partial charge in [-0.15, -0.1) is 0 Å². The molecule has 5 heteroatoms. The largest absolute Gasteiger partial charge is 0.496 e. The molecule has 120 valence electrons. The number of carbonyl (C=O) groups excluding carboxylic acids is 1. The number of amides is 1. The molecule has 2 N–H and O–H groups in total. The monoisotopic (exact) mass is 304 g/mol. The molecule has 0 aliphatic rings. The van der Waals surface area contributed by atoms with Gasteiger partial charge in [-0.25, -0.2) is 4.79 Å². The number of hydrogen-bond acceptors (Lipinski definition) is 3. The number of hydrogen-bond donors (Lipinski definition) is 2. The smallest absolute Gasteiger partial charge is 0.407 e. The summed E-state index contributed by atoms with van der Waals surface area (Å²) in [4.78, 5) is 14.9. The lowest BCUT2D eigenvalue weighted by molar-refractivity contribution is 0.0528. The molecule has 0 saturated heterocycles. The second kappa shape index (κ2) is 6.30. The zero-order chi connectivity index (χ0) is 16.3. The topological polar surface area (TPSA) is 63.3 Å². The van der Waals surface area contributed by atoms with E-state index in [0.29, 0.717) is 13.0 Å². The number of aromatic nitrogens is 1. The van der Waals surface area contributed by atoms with Gasteiger partial charge >= 0.3 is 6.09 Å². The summed E-state index contributed by atoms with van der Waals surface area (Å²) >= 11 is 0. The number of aromatic amines is 1. The molecule has 0 unspecified atom stereocenters. The van der Waals surface area contributed by atoms with E-state index < -0.39 is 11.7 Å². The van der Waals surface area contributed by atoms with E-state index in [2.05, 4.69) is 17.2 Å². The second-order valence-electron chi connectivity index (χ2n) is 6.33. The summed E-state index contributed by atoms with van der Waals surface area (Å²) in [6.07, 6.45) is 2.28. The van der Waals surface area contributed by atoms with Crippen LogP contribution in [-0.2, 0) is 11.2 Å². The minimum absolute atomic E-state index is 0.393. The van der Waals surface area contributed by atoms with Gasteiger partial charge in [-0.05, 0) is 51.3 Å². The Bertz CT molecular complexity index is 668. The van der Waals surface area contributed by atoms with Gasteiger partial charge in [0, 0.05) is 18.1 Å². The van der Waals surface area contributed by atoms with E-state index in [9.17, 15) is 4.79 Å². The lowest BCUT2D eigenvalue weighted by atomic mass is 10.1. The lowest BCUT2D eigenvalue weighted by Gasteiger charge is -2.19. The van der Waals surface area contributed by atoms with Crippen molar-refractivity contribution in [2.45, 2.75) is 39.7 Å². The number of nitrogens with one attached hydrogen (secondary N) is 2. The fourth-order valence-electron chi connectivity index (χ4n) is 2.40. The van der Waals surface area contributed by atoms with Gasteiger partial charge in [0.05, 0.1) is 12.6 Å². The summed E-state index contributed by atoms with van der Waals surface area (Å²) < 4.78 is 10.7. The molecule has 0 bridgehead atoms. The molecule has 1 amide bonds. The van der Waals surface area contributed by atoms with Crippen molar-refractivity contribution in [3.63, 3.8) is 0 Å². The number of alkyl carbamates (subject to hydrolysis) is 1. The van der Waals surface area contributed by atoms with Crippen LogP contribution in [0.5, 0.6) is 5.75 Å². The maximum absolute atomic E-state index is 11.7. The van der Waals surface area contributed by atoms with Crippen LogP contribution in [0.3, 0.4) is 0 Å². The normalized spacial score (nSPS) is 11.5. The van der Waals surface area contributed by atoms with Gasteiger partial charge in [-0.1, -0.05) is 6.07 Å². The SMILES string of the molecule is COc1ccc(C)c2[nH]cc(CCNC(=O)OC(C)(C)C)c12. The van der Waals surface area contributed by atoms with Gasteiger partial charge in [0.15, 0.2) is 0 Å². The molecule has 22 heavy (non-hydrogen) atoms. The average Bonchev–Trinajstić information content (AvgIpc) is 2.82. The predicted molar refractivity (Wildman–Crippen MR) is 87.5 cm³/mol. The third-order valence-electron chi connectivity index (χ3n) is 3.37. The van der Waals surface area contributed by atoms with Crippen molar-refractivity contribution in [3.05, 3.63) is 29.5 Å². The van der Waals surface area contributed by atoms with Crippen LogP contribution in [0.2, 0.25) is 0 Å². The van der Waals surface area contributed by atoms with Gasteiger partial charge in [0.1, 0.15) is 11.4 Å². The molecule has 1 aromatic heterocycles.